The summed E-state index contributed by atoms with van der Waals surface area (Å²) in [7, 11) is 0. The Kier molecular flexibility index (Phi) is 4.83. The Morgan fingerprint density at radius 1 is 1.16 bits per heavy atom. The van der Waals surface area contributed by atoms with Gasteiger partial charge in [0.05, 0.1) is 6.04 Å². The molecule has 3 heteroatoms. The number of ether oxygens (including phenoxy) is 1. The first-order valence-electron chi connectivity index (χ1n) is 7.27. The van der Waals surface area contributed by atoms with Crippen molar-refractivity contribution in [1.82, 2.24) is 5.32 Å². The highest BCUT2D eigenvalue weighted by Gasteiger charge is 2.40. The maximum Gasteiger partial charge on any atom is 0.125 e. The van der Waals surface area contributed by atoms with Gasteiger partial charge in [-0.05, 0) is 39.3 Å². The van der Waals surface area contributed by atoms with Crippen molar-refractivity contribution >= 4 is 0 Å². The lowest BCUT2D eigenvalue weighted by atomic mass is 9.94. The van der Waals surface area contributed by atoms with E-state index in [1.165, 1.54) is 12.0 Å². The Labute approximate surface area is 116 Å². The van der Waals surface area contributed by atoms with Gasteiger partial charge in [0, 0.05) is 12.2 Å². The van der Waals surface area contributed by atoms with Gasteiger partial charge in [-0.2, -0.15) is 0 Å². The Bertz CT molecular complexity index is 403. The van der Waals surface area contributed by atoms with Crippen molar-refractivity contribution < 1.29 is 9.84 Å². The highest BCUT2D eigenvalue weighted by atomic mass is 16.5. The number of aliphatic hydroxyl groups excluding tert-OH is 1. The number of fused-ring (bicyclic) bond motifs is 1. The fourth-order valence-electron chi connectivity index (χ4n) is 2.72. The minimum absolute atomic E-state index is 0.186. The first kappa shape index (κ1) is 14.4. The predicted octanol–water partition coefficient (Wildman–Crippen LogP) is 3.04. The van der Waals surface area contributed by atoms with Crippen molar-refractivity contribution in [1.29, 1.82) is 0 Å². The summed E-state index contributed by atoms with van der Waals surface area (Å²) in [5.74, 6) is 1.00. The van der Waals surface area contributed by atoms with Gasteiger partial charge in [0.1, 0.15) is 11.4 Å². The van der Waals surface area contributed by atoms with Gasteiger partial charge in [-0.1, -0.05) is 31.0 Å². The van der Waals surface area contributed by atoms with Gasteiger partial charge < -0.3 is 15.2 Å². The molecule has 0 amide bonds. The van der Waals surface area contributed by atoms with E-state index < -0.39 is 0 Å². The third-order valence-electron chi connectivity index (χ3n) is 3.73. The molecule has 1 aliphatic rings. The molecule has 0 saturated carbocycles. The smallest absolute Gasteiger partial charge is 0.125 e. The van der Waals surface area contributed by atoms with E-state index in [2.05, 4.69) is 31.3 Å². The van der Waals surface area contributed by atoms with Crippen LogP contribution in [0, 0.1) is 0 Å². The number of hydrogen-bond donors (Lipinski definition) is 2. The zero-order valence-electron chi connectivity index (χ0n) is 12.0. The molecule has 0 radical (unpaired) electrons. The summed E-state index contributed by atoms with van der Waals surface area (Å²) >= 11 is 0. The van der Waals surface area contributed by atoms with Crippen LogP contribution in [0.2, 0.25) is 0 Å². The number of rotatable bonds is 7. The molecular weight excluding hydrogens is 238 g/mol. The zero-order chi connectivity index (χ0) is 13.7. The first-order valence-corrected chi connectivity index (χ1v) is 7.27. The molecule has 19 heavy (non-hydrogen) atoms. The molecule has 0 fully saturated rings. The minimum atomic E-state index is -0.186. The standard InChI is InChI=1S/C16H25NO2/c1-16(2)15(17-11-7-3-4-8-12-18)13-9-5-6-10-14(13)19-16/h5-6,9-10,15,17-18H,3-4,7-8,11-12H2,1-2H3. The largest absolute Gasteiger partial charge is 0.486 e. The van der Waals surface area contributed by atoms with Crippen molar-refractivity contribution in [3.05, 3.63) is 29.8 Å². The lowest BCUT2D eigenvalue weighted by Gasteiger charge is -2.27. The van der Waals surface area contributed by atoms with E-state index in [0.29, 0.717) is 6.61 Å². The Morgan fingerprint density at radius 3 is 2.68 bits per heavy atom. The monoisotopic (exact) mass is 263 g/mol. The molecular formula is C16H25NO2. The molecule has 0 aliphatic carbocycles. The number of unbranched alkanes of at least 4 members (excludes halogenated alkanes) is 3. The van der Waals surface area contributed by atoms with Gasteiger partial charge >= 0.3 is 0 Å². The van der Waals surface area contributed by atoms with E-state index >= 15 is 0 Å². The van der Waals surface area contributed by atoms with Gasteiger partial charge in [-0.3, -0.25) is 0 Å². The maximum atomic E-state index is 8.74. The summed E-state index contributed by atoms with van der Waals surface area (Å²) in [5, 5.41) is 12.4. The minimum Gasteiger partial charge on any atom is -0.486 e. The summed E-state index contributed by atoms with van der Waals surface area (Å²) in [6, 6.07) is 8.54. The number of para-hydroxylation sites is 1. The molecule has 3 nitrogen and oxygen atoms in total. The number of aliphatic hydroxyl groups is 1. The third kappa shape index (κ3) is 3.48. The molecule has 2 rings (SSSR count). The molecule has 2 N–H and O–H groups in total. The van der Waals surface area contributed by atoms with E-state index in [-0.39, 0.29) is 11.6 Å². The number of benzene rings is 1. The van der Waals surface area contributed by atoms with E-state index in [9.17, 15) is 0 Å². The number of hydrogen-bond acceptors (Lipinski definition) is 3. The third-order valence-corrected chi connectivity index (χ3v) is 3.73. The molecule has 1 aliphatic heterocycles. The average molecular weight is 263 g/mol. The van der Waals surface area contributed by atoms with Gasteiger partial charge in [0.25, 0.3) is 0 Å². The van der Waals surface area contributed by atoms with E-state index in [0.717, 1.165) is 31.6 Å². The SMILES string of the molecule is CC1(C)Oc2ccccc2C1NCCCCCCO. The second kappa shape index (κ2) is 6.40. The molecule has 0 saturated heterocycles. The highest BCUT2D eigenvalue weighted by molar-refractivity contribution is 5.42. The van der Waals surface area contributed by atoms with Gasteiger partial charge in [0.15, 0.2) is 0 Å². The van der Waals surface area contributed by atoms with Crippen molar-refractivity contribution in [3.63, 3.8) is 0 Å². The van der Waals surface area contributed by atoms with Crippen LogP contribution in [0.15, 0.2) is 24.3 Å². The normalized spacial score (nSPS) is 20.1. The molecule has 106 valence electrons. The first-order chi connectivity index (χ1) is 9.15. The Hall–Kier alpha value is -1.06. The van der Waals surface area contributed by atoms with Gasteiger partial charge in [0.2, 0.25) is 0 Å². The van der Waals surface area contributed by atoms with Crippen molar-refractivity contribution in [2.75, 3.05) is 13.2 Å². The maximum absolute atomic E-state index is 8.74. The van der Waals surface area contributed by atoms with E-state index in [1.807, 2.05) is 12.1 Å². The van der Waals surface area contributed by atoms with Crippen LogP contribution in [-0.2, 0) is 0 Å². The summed E-state index contributed by atoms with van der Waals surface area (Å²) < 4.78 is 6.01. The lowest BCUT2D eigenvalue weighted by Crippen LogP contribution is -2.39. The Morgan fingerprint density at radius 2 is 1.89 bits per heavy atom. The fraction of sp³-hybridized carbons (Fsp3) is 0.625. The molecule has 1 unspecified atom stereocenters. The van der Waals surface area contributed by atoms with Crippen LogP contribution in [0.3, 0.4) is 0 Å². The molecule has 0 bridgehead atoms. The molecule has 0 aromatic heterocycles. The average Bonchev–Trinajstić information content (AvgIpc) is 2.64. The topological polar surface area (TPSA) is 41.5 Å². The summed E-state index contributed by atoms with van der Waals surface area (Å²) in [4.78, 5) is 0. The Balaban J connectivity index is 1.85. The van der Waals surface area contributed by atoms with Crippen LogP contribution in [0.1, 0.15) is 51.1 Å². The summed E-state index contributed by atoms with van der Waals surface area (Å²) in [5.41, 5.74) is 1.08. The van der Waals surface area contributed by atoms with Crippen LogP contribution in [0.25, 0.3) is 0 Å². The van der Waals surface area contributed by atoms with E-state index in [4.69, 9.17) is 9.84 Å². The predicted molar refractivity (Wildman–Crippen MR) is 77.4 cm³/mol. The number of nitrogens with one attached hydrogen (secondary N) is 1. The molecule has 1 aromatic carbocycles. The van der Waals surface area contributed by atoms with Crippen LogP contribution in [0.4, 0.5) is 0 Å². The van der Waals surface area contributed by atoms with Crippen LogP contribution >= 0.6 is 0 Å². The van der Waals surface area contributed by atoms with Gasteiger partial charge in [-0.15, -0.1) is 0 Å². The van der Waals surface area contributed by atoms with Crippen molar-refractivity contribution in [2.24, 2.45) is 0 Å². The fourth-order valence-corrected chi connectivity index (χ4v) is 2.72. The molecule has 1 heterocycles. The highest BCUT2D eigenvalue weighted by Crippen LogP contribution is 2.42. The quantitative estimate of drug-likeness (QED) is 0.743. The summed E-state index contributed by atoms with van der Waals surface area (Å²) in [6.07, 6.45) is 4.35. The van der Waals surface area contributed by atoms with Crippen molar-refractivity contribution in [3.8, 4) is 5.75 Å². The second-order valence-electron chi connectivity index (χ2n) is 5.77. The van der Waals surface area contributed by atoms with Gasteiger partial charge in [-0.25, -0.2) is 0 Å². The van der Waals surface area contributed by atoms with Crippen LogP contribution in [0.5, 0.6) is 5.75 Å². The van der Waals surface area contributed by atoms with Crippen LogP contribution in [-0.4, -0.2) is 23.9 Å². The van der Waals surface area contributed by atoms with Crippen molar-refractivity contribution in [2.45, 2.75) is 51.2 Å². The molecule has 1 aromatic rings. The summed E-state index contributed by atoms with van der Waals surface area (Å²) in [6.45, 7) is 5.58. The molecule has 1 atom stereocenters. The lowest BCUT2D eigenvalue weighted by molar-refractivity contribution is 0.0964. The molecule has 0 spiro atoms. The second-order valence-corrected chi connectivity index (χ2v) is 5.77. The van der Waals surface area contributed by atoms with Crippen LogP contribution < -0.4 is 10.1 Å². The van der Waals surface area contributed by atoms with E-state index in [1.54, 1.807) is 0 Å². The zero-order valence-corrected chi connectivity index (χ0v) is 12.0.